The molecule has 0 bridgehead atoms. The monoisotopic (exact) mass is 826 g/mol. The van der Waals surface area contributed by atoms with E-state index < -0.39 is 24.1 Å². The normalized spacial score (nSPS) is 12.1. The van der Waals surface area contributed by atoms with Gasteiger partial charge in [0.2, 0.25) is 0 Å². The Morgan fingerprint density at radius 1 is 0.600 bits per heavy atom. The molecule has 3 aromatic rings. The molecule has 270 valence electrons. The first-order valence-electron chi connectivity index (χ1n) is 15.1. The van der Waals surface area contributed by atoms with Crippen LogP contribution in [0.5, 0.6) is 11.5 Å². The summed E-state index contributed by atoms with van der Waals surface area (Å²) in [5, 5.41) is 0. The van der Waals surface area contributed by atoms with Gasteiger partial charge in [-0.2, -0.15) is 0 Å². The summed E-state index contributed by atoms with van der Waals surface area (Å²) >= 11 is 13.5. The molecule has 0 saturated carbocycles. The van der Waals surface area contributed by atoms with Crippen molar-refractivity contribution in [2.75, 3.05) is 62.3 Å². The fourth-order valence-electron chi connectivity index (χ4n) is 4.27. The topological polar surface area (TPSA) is 71.1 Å². The van der Waals surface area contributed by atoms with Gasteiger partial charge in [-0.3, -0.25) is 0 Å². The van der Waals surface area contributed by atoms with Crippen LogP contribution in [0.2, 0.25) is 0 Å². The van der Waals surface area contributed by atoms with E-state index in [4.69, 9.17) is 18.9 Å². The maximum Gasteiger partial charge on any atom is 0.330 e. The summed E-state index contributed by atoms with van der Waals surface area (Å²) < 4.78 is 23.6. The lowest BCUT2D eigenvalue weighted by molar-refractivity contribution is -0.144. The van der Waals surface area contributed by atoms with E-state index >= 15 is 0 Å². The van der Waals surface area contributed by atoms with Gasteiger partial charge < -0.3 is 18.9 Å². The summed E-state index contributed by atoms with van der Waals surface area (Å²) in [6.45, 7) is 7.40. The van der Waals surface area contributed by atoms with Gasteiger partial charge in [0.05, 0.1) is 0 Å². The number of rotatable bonds is 22. The first-order valence-corrected chi connectivity index (χ1v) is 24.4. The van der Waals surface area contributed by atoms with E-state index in [-0.39, 0.29) is 13.2 Å². The zero-order valence-corrected chi connectivity index (χ0v) is 35.4. The van der Waals surface area contributed by atoms with E-state index in [1.165, 1.54) is 29.4 Å². The van der Waals surface area contributed by atoms with Gasteiger partial charge in [-0.05, 0) is 73.9 Å². The maximum atomic E-state index is 12.2. The number of esters is 2. The highest BCUT2D eigenvalue weighted by molar-refractivity contribution is 8.04. The minimum Gasteiger partial charge on any atom is -0.490 e. The lowest BCUT2D eigenvalue weighted by Crippen LogP contribution is -2.27. The number of thioether (sulfide) groups is 8. The molecular formula is C36H42O6S8. The molecule has 2 unspecified atom stereocenters. The third-order valence-corrected chi connectivity index (χ3v) is 14.3. The minimum absolute atomic E-state index is 0.142. The molecule has 0 fully saturated rings. The molecule has 0 spiro atoms. The summed E-state index contributed by atoms with van der Waals surface area (Å²) in [5.41, 5.74) is 0. The van der Waals surface area contributed by atoms with Crippen LogP contribution in [0, 0.1) is 0 Å². The van der Waals surface area contributed by atoms with Gasteiger partial charge in [0, 0.05) is 68.9 Å². The van der Waals surface area contributed by atoms with Crippen LogP contribution in [0.1, 0.15) is 0 Å². The van der Waals surface area contributed by atoms with E-state index in [9.17, 15) is 9.59 Å². The second-order valence-corrected chi connectivity index (χ2v) is 17.2. The molecular weight excluding hydrogens is 785 g/mol. The second-order valence-electron chi connectivity index (χ2n) is 9.97. The lowest BCUT2D eigenvalue weighted by Gasteiger charge is -2.21. The third-order valence-electron chi connectivity index (χ3n) is 6.74. The summed E-state index contributed by atoms with van der Waals surface area (Å²) in [5.74, 6) is 1.11. The first-order chi connectivity index (χ1) is 24.2. The highest BCUT2D eigenvalue weighted by atomic mass is 32.2. The molecule has 6 nitrogen and oxygen atoms in total. The van der Waals surface area contributed by atoms with Crippen LogP contribution < -0.4 is 9.47 Å². The van der Waals surface area contributed by atoms with Gasteiger partial charge in [0.1, 0.15) is 36.9 Å². The van der Waals surface area contributed by atoms with E-state index in [0.29, 0.717) is 23.0 Å². The van der Waals surface area contributed by atoms with Gasteiger partial charge in [-0.15, -0.1) is 94.1 Å². The van der Waals surface area contributed by atoms with Crippen molar-refractivity contribution in [3.8, 4) is 11.5 Å². The van der Waals surface area contributed by atoms with Crippen LogP contribution in [0.3, 0.4) is 0 Å². The van der Waals surface area contributed by atoms with E-state index in [2.05, 4.69) is 75.0 Å². The highest BCUT2D eigenvalue weighted by Gasteiger charge is 2.20. The van der Waals surface area contributed by atoms with Crippen molar-refractivity contribution in [3.63, 3.8) is 0 Å². The number of ether oxygens (including phenoxy) is 4. The van der Waals surface area contributed by atoms with Crippen molar-refractivity contribution in [1.29, 1.82) is 0 Å². The molecule has 0 aliphatic rings. The average Bonchev–Trinajstić information content (AvgIpc) is 3.15. The SMILES string of the molecule is C=CC(=O)OC(COc1cccc(OCC(CSc2c(SC)cc(SC)cc2SC)OC(=O)C=C)c1)CSc1c(SC)cc(SC)cc1SC. The van der Waals surface area contributed by atoms with Crippen molar-refractivity contribution in [2.45, 2.75) is 51.4 Å². The molecule has 0 aliphatic heterocycles. The smallest absolute Gasteiger partial charge is 0.330 e. The Morgan fingerprint density at radius 2 is 0.960 bits per heavy atom. The molecule has 14 heteroatoms. The molecule has 2 atom stereocenters. The Labute approximate surface area is 330 Å². The summed E-state index contributed by atoms with van der Waals surface area (Å²) in [4.78, 5) is 34.0. The van der Waals surface area contributed by atoms with Crippen LogP contribution in [0.25, 0.3) is 0 Å². The standard InChI is InChI=1S/C36H42O6S8/c1-9-33(37)41-25(21-49-35-29(45-5)15-27(43-3)16-30(35)46-6)19-39-23-12-11-13-24(14-23)40-20-26(42-34(38)10-2)22-50-36-31(47-7)17-28(44-4)18-32(36)48-8/h9-18,25-26H,1-2,19-22H2,3-8H3. The summed E-state index contributed by atoms with van der Waals surface area (Å²) in [6, 6.07) is 16.0. The quantitative estimate of drug-likeness (QED) is 0.0548. The number of hydrogen-bond acceptors (Lipinski definition) is 14. The lowest BCUT2D eigenvalue weighted by atomic mass is 10.3. The predicted octanol–water partition coefficient (Wildman–Crippen LogP) is 10.6. The molecule has 0 saturated heterocycles. The fraction of sp³-hybridized carbons (Fsp3) is 0.333. The summed E-state index contributed by atoms with van der Waals surface area (Å²) in [7, 11) is 0. The van der Waals surface area contributed by atoms with Crippen LogP contribution in [0.4, 0.5) is 0 Å². The van der Waals surface area contributed by atoms with Crippen molar-refractivity contribution in [3.05, 3.63) is 73.8 Å². The van der Waals surface area contributed by atoms with Crippen molar-refractivity contribution in [2.24, 2.45) is 0 Å². The molecule has 0 amide bonds. The van der Waals surface area contributed by atoms with Crippen molar-refractivity contribution >= 4 is 106 Å². The Bertz CT molecular complexity index is 1440. The van der Waals surface area contributed by atoms with Gasteiger partial charge in [-0.1, -0.05) is 19.2 Å². The molecule has 0 aromatic heterocycles. The van der Waals surface area contributed by atoms with E-state index in [0.717, 1.165) is 21.9 Å². The van der Waals surface area contributed by atoms with Crippen LogP contribution >= 0.6 is 94.1 Å². The van der Waals surface area contributed by atoms with Crippen molar-refractivity contribution in [1.82, 2.24) is 0 Å². The molecule has 3 aromatic carbocycles. The van der Waals surface area contributed by atoms with E-state index in [1.807, 2.05) is 18.2 Å². The largest absolute Gasteiger partial charge is 0.490 e. The van der Waals surface area contributed by atoms with Gasteiger partial charge in [0.25, 0.3) is 0 Å². The molecule has 0 N–H and O–H groups in total. The number of carbonyl (C=O) groups is 2. The van der Waals surface area contributed by atoms with Crippen LogP contribution in [-0.4, -0.2) is 86.4 Å². The van der Waals surface area contributed by atoms with Crippen LogP contribution in [0.15, 0.2) is 113 Å². The zero-order valence-electron chi connectivity index (χ0n) is 28.9. The predicted molar refractivity (Wildman–Crippen MR) is 223 cm³/mol. The number of hydrogen-bond donors (Lipinski definition) is 0. The Kier molecular flexibility index (Phi) is 19.9. The maximum absolute atomic E-state index is 12.2. The highest BCUT2D eigenvalue weighted by Crippen LogP contribution is 2.42. The number of carbonyl (C=O) groups excluding carboxylic acids is 2. The van der Waals surface area contributed by atoms with Crippen LogP contribution in [-0.2, 0) is 19.1 Å². The second kappa shape index (κ2) is 23.2. The number of benzene rings is 3. The van der Waals surface area contributed by atoms with Crippen molar-refractivity contribution < 1.29 is 28.5 Å². The molecule has 3 rings (SSSR count). The first kappa shape index (κ1) is 42.9. The fourth-order valence-corrected chi connectivity index (χ4v) is 11.4. The summed E-state index contributed by atoms with van der Waals surface area (Å²) in [6.07, 6.45) is 13.7. The van der Waals surface area contributed by atoms with Gasteiger partial charge in [0.15, 0.2) is 0 Å². The molecule has 50 heavy (non-hydrogen) atoms. The average molecular weight is 827 g/mol. The Morgan fingerprint density at radius 3 is 1.26 bits per heavy atom. The minimum atomic E-state index is -0.526. The zero-order chi connectivity index (χ0) is 36.5. The molecule has 0 heterocycles. The molecule has 0 aliphatic carbocycles. The Hall–Kier alpha value is -1.52. The molecule has 0 radical (unpaired) electrons. The Balaban J connectivity index is 1.70. The van der Waals surface area contributed by atoms with E-state index in [1.54, 1.807) is 100 Å². The van der Waals surface area contributed by atoms with Gasteiger partial charge >= 0.3 is 11.9 Å². The van der Waals surface area contributed by atoms with Gasteiger partial charge in [-0.25, -0.2) is 9.59 Å². The third kappa shape index (κ3) is 13.5.